The topological polar surface area (TPSA) is 83.8 Å². The first-order valence-electron chi connectivity index (χ1n) is 14.3. The lowest BCUT2D eigenvalue weighted by Crippen LogP contribution is -2.11. The first kappa shape index (κ1) is 26.4. The Morgan fingerprint density at radius 2 is 1.53 bits per heavy atom. The van der Waals surface area contributed by atoms with Crippen molar-refractivity contribution in [2.24, 2.45) is 0 Å². The summed E-state index contributed by atoms with van der Waals surface area (Å²) in [6.07, 6.45) is 1.97. The summed E-state index contributed by atoms with van der Waals surface area (Å²) in [5.41, 5.74) is 9.34. The Bertz CT molecular complexity index is 2150. The Balaban J connectivity index is 1.56. The van der Waals surface area contributed by atoms with Gasteiger partial charge in [0, 0.05) is 28.4 Å². The maximum Gasteiger partial charge on any atom is 0.354 e. The van der Waals surface area contributed by atoms with Crippen LogP contribution in [0.5, 0.6) is 0 Å². The molecule has 6 nitrogen and oxygen atoms in total. The van der Waals surface area contributed by atoms with Crippen LogP contribution in [-0.4, -0.2) is 30.6 Å². The molecule has 43 heavy (non-hydrogen) atoms. The number of hydrogen-bond donors (Lipinski definition) is 2. The fraction of sp³-hybridized carbons (Fsp3) is 0.108. The lowest BCUT2D eigenvalue weighted by molar-refractivity contribution is 0.0690. The summed E-state index contributed by atoms with van der Waals surface area (Å²) in [4.78, 5) is 25.0. The molecule has 2 N–H and O–H groups in total. The normalized spacial score (nSPS) is 11.8. The second-order valence-corrected chi connectivity index (χ2v) is 11.8. The van der Waals surface area contributed by atoms with E-state index in [9.17, 15) is 9.90 Å². The zero-order valence-electron chi connectivity index (χ0n) is 24.2. The minimum Gasteiger partial charge on any atom is -0.477 e. The van der Waals surface area contributed by atoms with E-state index in [1.807, 2.05) is 42.6 Å². The van der Waals surface area contributed by atoms with Crippen LogP contribution < -0.4 is 0 Å². The van der Waals surface area contributed by atoms with E-state index in [2.05, 4.69) is 96.0 Å². The predicted molar refractivity (Wildman–Crippen MR) is 173 cm³/mol. The maximum absolute atomic E-state index is 11.8. The molecule has 4 aromatic carbocycles. The van der Waals surface area contributed by atoms with Gasteiger partial charge in [-0.05, 0) is 70.6 Å². The van der Waals surface area contributed by atoms with Crippen LogP contribution in [0, 0.1) is 0 Å². The molecule has 0 radical (unpaired) electrons. The molecule has 0 aliphatic carbocycles. The van der Waals surface area contributed by atoms with Crippen molar-refractivity contribution in [3.63, 3.8) is 0 Å². The average Bonchev–Trinajstić information content (AvgIpc) is 3.66. The van der Waals surface area contributed by atoms with Gasteiger partial charge in [-0.1, -0.05) is 81.4 Å². The van der Waals surface area contributed by atoms with Gasteiger partial charge in [0.05, 0.1) is 22.2 Å². The zero-order chi connectivity index (χ0) is 29.7. The van der Waals surface area contributed by atoms with E-state index in [1.54, 1.807) is 6.07 Å². The molecule has 0 atom stereocenters. The molecule has 0 amide bonds. The number of pyridine rings is 1. The Morgan fingerprint density at radius 3 is 2.33 bits per heavy atom. The quantitative estimate of drug-likeness (QED) is 0.219. The van der Waals surface area contributed by atoms with Crippen LogP contribution in [0.25, 0.3) is 61.4 Å². The first-order chi connectivity index (χ1) is 20.8. The lowest BCUT2D eigenvalue weighted by Gasteiger charge is -2.21. The molecule has 0 bridgehead atoms. The lowest BCUT2D eigenvalue weighted by atomic mass is 9.85. The van der Waals surface area contributed by atoms with Gasteiger partial charge < -0.3 is 10.1 Å². The fourth-order valence-corrected chi connectivity index (χ4v) is 5.69. The van der Waals surface area contributed by atoms with Gasteiger partial charge >= 0.3 is 5.97 Å². The number of aromatic amines is 1. The van der Waals surface area contributed by atoms with Gasteiger partial charge in [-0.3, -0.25) is 4.57 Å². The molecule has 210 valence electrons. The minimum absolute atomic E-state index is 0.00399. The standard InChI is InChI=1S/C37H30N4O2/c1-37(2,3)26-20-25-18-19-38-33(25)29(22-26)35-40-34-28(30-15-9-16-31(39-30)36(42)43)14-8-17-32(34)41(35)27-13-7-12-24(21-27)23-10-5-4-6-11-23/h4-22,38H,1-3H3,(H,42,43). The highest BCUT2D eigenvalue weighted by Gasteiger charge is 2.23. The van der Waals surface area contributed by atoms with E-state index in [0.717, 1.165) is 55.7 Å². The third-order valence-corrected chi connectivity index (χ3v) is 7.91. The number of carboxylic acid groups (broad SMARTS) is 1. The molecule has 6 heteroatoms. The molecule has 7 rings (SSSR count). The van der Waals surface area contributed by atoms with Crippen LogP contribution in [0.1, 0.15) is 36.8 Å². The van der Waals surface area contributed by atoms with Gasteiger partial charge in [0.1, 0.15) is 11.5 Å². The SMILES string of the molecule is CC(C)(C)c1cc(-c2nc3c(-c4cccc(C(=O)O)n4)cccc3n2-c2cccc(-c3ccccc3)c2)c2[nH]ccc2c1. The third kappa shape index (κ3) is 4.67. The van der Waals surface area contributed by atoms with Crippen LogP contribution in [-0.2, 0) is 5.41 Å². The van der Waals surface area contributed by atoms with Crippen molar-refractivity contribution in [1.82, 2.24) is 19.5 Å². The van der Waals surface area contributed by atoms with E-state index in [0.29, 0.717) is 5.69 Å². The molecule has 7 aromatic rings. The highest BCUT2D eigenvalue weighted by Crippen LogP contribution is 2.39. The number of carbonyl (C=O) groups is 1. The average molecular weight is 563 g/mol. The Morgan fingerprint density at radius 1 is 0.767 bits per heavy atom. The predicted octanol–water partition coefficient (Wildman–Crippen LogP) is 8.90. The molecular formula is C37H30N4O2. The van der Waals surface area contributed by atoms with Gasteiger partial charge in [-0.25, -0.2) is 14.8 Å². The van der Waals surface area contributed by atoms with Gasteiger partial charge in [0.25, 0.3) is 0 Å². The van der Waals surface area contributed by atoms with Crippen molar-refractivity contribution in [2.75, 3.05) is 0 Å². The molecule has 0 aliphatic rings. The van der Waals surface area contributed by atoms with E-state index >= 15 is 0 Å². The summed E-state index contributed by atoms with van der Waals surface area (Å²) in [7, 11) is 0. The number of fused-ring (bicyclic) bond motifs is 2. The molecule has 3 aromatic heterocycles. The monoisotopic (exact) mass is 562 g/mol. The number of hydrogen-bond acceptors (Lipinski definition) is 3. The molecule has 0 spiro atoms. The first-order valence-corrected chi connectivity index (χ1v) is 14.3. The number of nitrogens with one attached hydrogen (secondary N) is 1. The Hall–Kier alpha value is -5.49. The number of H-pyrrole nitrogens is 1. The van der Waals surface area contributed by atoms with Gasteiger partial charge in [0.2, 0.25) is 0 Å². The molecule has 0 saturated carbocycles. The number of aromatic carboxylic acids is 1. The van der Waals surface area contributed by atoms with E-state index in [4.69, 9.17) is 4.98 Å². The van der Waals surface area contributed by atoms with Crippen LogP contribution >= 0.6 is 0 Å². The molecule has 0 unspecified atom stereocenters. The summed E-state index contributed by atoms with van der Waals surface area (Å²) >= 11 is 0. The van der Waals surface area contributed by atoms with Gasteiger partial charge in [0.15, 0.2) is 0 Å². The fourth-order valence-electron chi connectivity index (χ4n) is 5.69. The highest BCUT2D eigenvalue weighted by atomic mass is 16.4. The van der Waals surface area contributed by atoms with Crippen molar-refractivity contribution >= 4 is 27.9 Å². The molecule has 3 heterocycles. The molecular weight excluding hydrogens is 532 g/mol. The number of carboxylic acids is 1. The number of aromatic nitrogens is 4. The van der Waals surface area contributed by atoms with Crippen LogP contribution in [0.4, 0.5) is 0 Å². The van der Waals surface area contributed by atoms with Crippen LogP contribution in [0.3, 0.4) is 0 Å². The van der Waals surface area contributed by atoms with Crippen LogP contribution in [0.2, 0.25) is 0 Å². The van der Waals surface area contributed by atoms with E-state index < -0.39 is 5.97 Å². The summed E-state index contributed by atoms with van der Waals surface area (Å²) < 4.78 is 2.20. The molecule has 0 fully saturated rings. The van der Waals surface area contributed by atoms with Crippen LogP contribution in [0.15, 0.2) is 115 Å². The van der Waals surface area contributed by atoms with Gasteiger partial charge in [-0.15, -0.1) is 0 Å². The molecule has 0 saturated heterocycles. The second kappa shape index (κ2) is 10.1. The van der Waals surface area contributed by atoms with E-state index in [1.165, 1.54) is 11.6 Å². The maximum atomic E-state index is 11.8. The number of imidazole rings is 1. The van der Waals surface area contributed by atoms with Crippen molar-refractivity contribution < 1.29 is 9.90 Å². The summed E-state index contributed by atoms with van der Waals surface area (Å²) in [5, 5.41) is 10.7. The highest BCUT2D eigenvalue weighted by molar-refractivity contribution is 6.00. The Kier molecular flexibility index (Phi) is 6.20. The number of benzene rings is 4. The number of nitrogens with zero attached hydrogens (tertiary/aromatic N) is 3. The van der Waals surface area contributed by atoms with Crippen molar-refractivity contribution in [2.45, 2.75) is 26.2 Å². The summed E-state index contributed by atoms with van der Waals surface area (Å²) in [6, 6.07) is 36.5. The summed E-state index contributed by atoms with van der Waals surface area (Å²) in [6.45, 7) is 6.66. The Labute approximate surface area is 249 Å². The van der Waals surface area contributed by atoms with Gasteiger partial charge in [-0.2, -0.15) is 0 Å². The zero-order valence-corrected chi connectivity index (χ0v) is 24.2. The largest absolute Gasteiger partial charge is 0.477 e. The number of para-hydroxylation sites is 1. The van der Waals surface area contributed by atoms with E-state index in [-0.39, 0.29) is 11.1 Å². The summed E-state index contributed by atoms with van der Waals surface area (Å²) in [5.74, 6) is -0.272. The minimum atomic E-state index is -1.06. The van der Waals surface area contributed by atoms with Crippen molar-refractivity contribution in [3.05, 3.63) is 127 Å². The second-order valence-electron chi connectivity index (χ2n) is 11.8. The van der Waals surface area contributed by atoms with Crippen molar-refractivity contribution in [3.8, 4) is 39.5 Å². The number of rotatable bonds is 5. The van der Waals surface area contributed by atoms with Crippen molar-refractivity contribution in [1.29, 1.82) is 0 Å². The molecule has 0 aliphatic heterocycles. The third-order valence-electron chi connectivity index (χ3n) is 7.91. The smallest absolute Gasteiger partial charge is 0.354 e.